The van der Waals surface area contributed by atoms with Crippen LogP contribution in [0.4, 0.5) is 5.69 Å². The molecular formula is C14H19NO2. The Labute approximate surface area is 102 Å². The summed E-state index contributed by atoms with van der Waals surface area (Å²) in [6.07, 6.45) is 3.72. The van der Waals surface area contributed by atoms with Crippen LogP contribution >= 0.6 is 0 Å². The van der Waals surface area contributed by atoms with E-state index in [9.17, 15) is 4.79 Å². The van der Waals surface area contributed by atoms with Crippen molar-refractivity contribution in [2.24, 2.45) is 5.92 Å². The molecule has 17 heavy (non-hydrogen) atoms. The van der Waals surface area contributed by atoms with Gasteiger partial charge in [0, 0.05) is 18.8 Å². The van der Waals surface area contributed by atoms with E-state index in [2.05, 4.69) is 11.8 Å². The lowest BCUT2D eigenvalue weighted by molar-refractivity contribution is 0.0697. The number of carboxylic acid groups (broad SMARTS) is 1. The lowest BCUT2D eigenvalue weighted by Crippen LogP contribution is -2.26. The molecule has 1 N–H and O–H groups in total. The molecule has 1 aliphatic rings. The van der Waals surface area contributed by atoms with Crippen molar-refractivity contribution in [1.29, 1.82) is 0 Å². The normalized spacial score (nSPS) is 14.6. The lowest BCUT2D eigenvalue weighted by atomic mass is 10.1. The highest BCUT2D eigenvalue weighted by Crippen LogP contribution is 2.31. The Hall–Kier alpha value is -1.51. The number of nitrogens with zero attached hydrogens (tertiary/aromatic N) is 1. The fraction of sp³-hybridized carbons (Fsp3) is 0.500. The van der Waals surface area contributed by atoms with Crippen LogP contribution in [0.15, 0.2) is 24.3 Å². The topological polar surface area (TPSA) is 40.5 Å². The molecule has 1 fully saturated rings. The van der Waals surface area contributed by atoms with Crippen LogP contribution in [0.5, 0.6) is 0 Å². The minimum absolute atomic E-state index is 0.374. The fourth-order valence-electron chi connectivity index (χ4n) is 2.04. The number of anilines is 1. The molecule has 1 aromatic rings. The molecule has 92 valence electrons. The first kappa shape index (κ1) is 12.0. The largest absolute Gasteiger partial charge is 0.478 e. The van der Waals surface area contributed by atoms with Crippen LogP contribution in [0.25, 0.3) is 0 Å². The first-order chi connectivity index (χ1) is 8.20. The number of carbonyl (C=O) groups is 1. The summed E-state index contributed by atoms with van der Waals surface area (Å²) < 4.78 is 0. The Morgan fingerprint density at radius 2 is 2.24 bits per heavy atom. The molecule has 2 rings (SSSR count). The van der Waals surface area contributed by atoms with Crippen LogP contribution in [0.3, 0.4) is 0 Å². The minimum atomic E-state index is -0.852. The third-order valence-corrected chi connectivity index (χ3v) is 3.13. The summed E-state index contributed by atoms with van der Waals surface area (Å²) in [7, 11) is 0. The second-order valence-electron chi connectivity index (χ2n) is 4.74. The first-order valence-electron chi connectivity index (χ1n) is 6.29. The summed E-state index contributed by atoms with van der Waals surface area (Å²) in [6.45, 7) is 4.22. The molecule has 0 saturated heterocycles. The van der Waals surface area contributed by atoms with Gasteiger partial charge in [0.15, 0.2) is 0 Å². The monoisotopic (exact) mass is 233 g/mol. The molecule has 0 bridgehead atoms. The molecule has 0 atom stereocenters. The van der Waals surface area contributed by atoms with Gasteiger partial charge in [0.1, 0.15) is 0 Å². The van der Waals surface area contributed by atoms with E-state index in [1.54, 1.807) is 12.1 Å². The van der Waals surface area contributed by atoms with E-state index in [0.29, 0.717) is 5.56 Å². The quantitative estimate of drug-likeness (QED) is 0.821. The van der Waals surface area contributed by atoms with Gasteiger partial charge in [-0.25, -0.2) is 4.79 Å². The molecule has 0 spiro atoms. The van der Waals surface area contributed by atoms with Crippen LogP contribution in [0.1, 0.15) is 36.5 Å². The van der Waals surface area contributed by atoms with Crippen LogP contribution in [-0.2, 0) is 0 Å². The average Bonchev–Trinajstić information content (AvgIpc) is 3.12. The van der Waals surface area contributed by atoms with E-state index in [1.165, 1.54) is 12.8 Å². The van der Waals surface area contributed by atoms with E-state index in [1.807, 2.05) is 12.1 Å². The summed E-state index contributed by atoms with van der Waals surface area (Å²) in [5.41, 5.74) is 1.41. The van der Waals surface area contributed by atoms with Gasteiger partial charge < -0.3 is 10.0 Å². The standard InChI is InChI=1S/C14H19NO2/c1-2-8-15(10-11-6-7-11)13-5-3-4-12(9-13)14(16)17/h3-5,9,11H,2,6-8,10H2,1H3,(H,16,17). The molecule has 0 aliphatic heterocycles. The average molecular weight is 233 g/mol. The smallest absolute Gasteiger partial charge is 0.335 e. The molecular weight excluding hydrogens is 214 g/mol. The second-order valence-corrected chi connectivity index (χ2v) is 4.74. The van der Waals surface area contributed by atoms with Crippen LogP contribution in [0.2, 0.25) is 0 Å². The molecule has 0 aromatic heterocycles. The molecule has 0 unspecified atom stereocenters. The zero-order valence-corrected chi connectivity index (χ0v) is 10.2. The maximum Gasteiger partial charge on any atom is 0.335 e. The zero-order chi connectivity index (χ0) is 12.3. The number of carboxylic acids is 1. The van der Waals surface area contributed by atoms with Gasteiger partial charge in [-0.05, 0) is 43.4 Å². The fourth-order valence-corrected chi connectivity index (χ4v) is 2.04. The highest BCUT2D eigenvalue weighted by Gasteiger charge is 2.24. The number of rotatable bonds is 6. The molecule has 1 saturated carbocycles. The Morgan fingerprint density at radius 1 is 1.47 bits per heavy atom. The van der Waals surface area contributed by atoms with Gasteiger partial charge in [-0.1, -0.05) is 13.0 Å². The van der Waals surface area contributed by atoms with E-state index >= 15 is 0 Å². The highest BCUT2D eigenvalue weighted by atomic mass is 16.4. The first-order valence-corrected chi connectivity index (χ1v) is 6.29. The van der Waals surface area contributed by atoms with E-state index < -0.39 is 5.97 Å². The predicted octanol–water partition coefficient (Wildman–Crippen LogP) is 3.01. The van der Waals surface area contributed by atoms with Gasteiger partial charge in [0.2, 0.25) is 0 Å². The van der Waals surface area contributed by atoms with Crippen molar-refractivity contribution in [3.63, 3.8) is 0 Å². The van der Waals surface area contributed by atoms with Crippen molar-refractivity contribution in [3.05, 3.63) is 29.8 Å². The maximum absolute atomic E-state index is 10.9. The molecule has 3 heteroatoms. The molecule has 0 radical (unpaired) electrons. The molecule has 0 heterocycles. The second kappa shape index (κ2) is 5.21. The summed E-state index contributed by atoms with van der Waals surface area (Å²) in [4.78, 5) is 13.3. The van der Waals surface area contributed by atoms with E-state index in [0.717, 1.165) is 31.1 Å². The highest BCUT2D eigenvalue weighted by molar-refractivity contribution is 5.88. The predicted molar refractivity (Wildman–Crippen MR) is 68.6 cm³/mol. The number of hydrogen-bond acceptors (Lipinski definition) is 2. The van der Waals surface area contributed by atoms with Gasteiger partial charge in [-0.3, -0.25) is 0 Å². The summed E-state index contributed by atoms with van der Waals surface area (Å²) in [5.74, 6) is -0.0373. The van der Waals surface area contributed by atoms with Crippen molar-refractivity contribution in [3.8, 4) is 0 Å². The van der Waals surface area contributed by atoms with Crippen molar-refractivity contribution in [2.45, 2.75) is 26.2 Å². The maximum atomic E-state index is 10.9. The van der Waals surface area contributed by atoms with Crippen molar-refractivity contribution >= 4 is 11.7 Å². The Morgan fingerprint density at radius 3 is 2.82 bits per heavy atom. The number of aromatic carboxylic acids is 1. The summed E-state index contributed by atoms with van der Waals surface area (Å²) in [5, 5.41) is 9.00. The SMILES string of the molecule is CCCN(CC1CC1)c1cccc(C(=O)O)c1. The Balaban J connectivity index is 2.15. The van der Waals surface area contributed by atoms with Crippen LogP contribution in [0, 0.1) is 5.92 Å². The number of benzene rings is 1. The van der Waals surface area contributed by atoms with Gasteiger partial charge in [0.25, 0.3) is 0 Å². The zero-order valence-electron chi connectivity index (χ0n) is 10.2. The van der Waals surface area contributed by atoms with Gasteiger partial charge in [0.05, 0.1) is 5.56 Å². The van der Waals surface area contributed by atoms with Crippen LogP contribution in [-0.4, -0.2) is 24.2 Å². The van der Waals surface area contributed by atoms with Gasteiger partial charge in [-0.2, -0.15) is 0 Å². The Kier molecular flexibility index (Phi) is 3.67. The minimum Gasteiger partial charge on any atom is -0.478 e. The summed E-state index contributed by atoms with van der Waals surface area (Å²) in [6, 6.07) is 7.26. The summed E-state index contributed by atoms with van der Waals surface area (Å²) >= 11 is 0. The van der Waals surface area contributed by atoms with Crippen molar-refractivity contribution in [1.82, 2.24) is 0 Å². The third kappa shape index (κ3) is 3.22. The van der Waals surface area contributed by atoms with E-state index in [-0.39, 0.29) is 0 Å². The third-order valence-electron chi connectivity index (χ3n) is 3.13. The molecule has 1 aliphatic carbocycles. The van der Waals surface area contributed by atoms with Crippen molar-refractivity contribution < 1.29 is 9.90 Å². The Bertz CT molecular complexity index is 399. The van der Waals surface area contributed by atoms with Gasteiger partial charge in [-0.15, -0.1) is 0 Å². The number of hydrogen-bond donors (Lipinski definition) is 1. The van der Waals surface area contributed by atoms with Crippen LogP contribution < -0.4 is 4.90 Å². The lowest BCUT2D eigenvalue weighted by Gasteiger charge is -2.24. The molecule has 0 amide bonds. The molecule has 1 aromatic carbocycles. The molecule has 3 nitrogen and oxygen atoms in total. The van der Waals surface area contributed by atoms with Crippen molar-refractivity contribution in [2.75, 3.05) is 18.0 Å². The van der Waals surface area contributed by atoms with Gasteiger partial charge >= 0.3 is 5.97 Å². The van der Waals surface area contributed by atoms with E-state index in [4.69, 9.17) is 5.11 Å².